The van der Waals surface area contributed by atoms with Crippen LogP contribution in [-0.4, -0.2) is 23.0 Å². The highest BCUT2D eigenvalue weighted by molar-refractivity contribution is 6.04. The van der Waals surface area contributed by atoms with Gasteiger partial charge in [0.05, 0.1) is 18.3 Å². The molecule has 4 rings (SSSR count). The summed E-state index contributed by atoms with van der Waals surface area (Å²) >= 11 is 0. The van der Waals surface area contributed by atoms with E-state index in [1.165, 1.54) is 0 Å². The number of rotatable bonds is 5. The fourth-order valence-corrected chi connectivity index (χ4v) is 2.86. The van der Waals surface area contributed by atoms with E-state index in [0.717, 1.165) is 22.3 Å². The third-order valence-electron chi connectivity index (χ3n) is 4.27. The Morgan fingerprint density at radius 2 is 1.75 bits per heavy atom. The van der Waals surface area contributed by atoms with Gasteiger partial charge in [0.1, 0.15) is 11.6 Å². The minimum Gasteiger partial charge on any atom is -0.497 e. The summed E-state index contributed by atoms with van der Waals surface area (Å²) in [5.74, 6) is 1.09. The molecule has 0 radical (unpaired) electrons. The van der Waals surface area contributed by atoms with Gasteiger partial charge in [-0.25, -0.2) is 4.98 Å². The average Bonchev–Trinajstić information content (AvgIpc) is 2.75. The zero-order valence-corrected chi connectivity index (χ0v) is 15.2. The summed E-state index contributed by atoms with van der Waals surface area (Å²) in [5.41, 5.74) is 2.87. The van der Waals surface area contributed by atoms with Crippen molar-refractivity contribution in [1.82, 2.24) is 9.97 Å². The lowest BCUT2D eigenvalue weighted by molar-refractivity contribution is 0.102. The van der Waals surface area contributed by atoms with E-state index in [1.807, 2.05) is 30.3 Å². The molecule has 6 heteroatoms. The van der Waals surface area contributed by atoms with Crippen molar-refractivity contribution in [2.75, 3.05) is 17.7 Å². The molecule has 2 N–H and O–H groups in total. The predicted octanol–water partition coefficient (Wildman–Crippen LogP) is 4.63. The number of carbonyl (C=O) groups is 1. The molecule has 0 aliphatic rings. The van der Waals surface area contributed by atoms with Crippen LogP contribution in [0.2, 0.25) is 0 Å². The Bertz CT molecular complexity index is 1120. The van der Waals surface area contributed by atoms with E-state index in [2.05, 4.69) is 20.6 Å². The number of amides is 1. The first-order valence-electron chi connectivity index (χ1n) is 8.75. The quantitative estimate of drug-likeness (QED) is 0.535. The number of methoxy groups -OCH3 is 1. The van der Waals surface area contributed by atoms with Crippen LogP contribution < -0.4 is 15.4 Å². The SMILES string of the molecule is COc1ccc(NC(=O)c2ccnc(Nc3cccc4cccnc34)c2)cc1. The number of hydrogen-bond acceptors (Lipinski definition) is 5. The molecule has 0 aliphatic carbocycles. The van der Waals surface area contributed by atoms with E-state index >= 15 is 0 Å². The van der Waals surface area contributed by atoms with E-state index < -0.39 is 0 Å². The number of fused-ring (bicyclic) bond motifs is 1. The molecule has 0 bridgehead atoms. The summed E-state index contributed by atoms with van der Waals surface area (Å²) < 4.78 is 5.13. The normalized spacial score (nSPS) is 10.5. The fraction of sp³-hybridized carbons (Fsp3) is 0.0455. The summed E-state index contributed by atoms with van der Waals surface area (Å²) in [6.07, 6.45) is 3.35. The molecule has 0 saturated carbocycles. The predicted molar refractivity (Wildman–Crippen MR) is 110 cm³/mol. The van der Waals surface area contributed by atoms with Crippen LogP contribution >= 0.6 is 0 Å². The Labute approximate surface area is 162 Å². The first-order valence-corrected chi connectivity index (χ1v) is 8.75. The van der Waals surface area contributed by atoms with Gasteiger partial charge in [-0.2, -0.15) is 0 Å². The van der Waals surface area contributed by atoms with Gasteiger partial charge >= 0.3 is 0 Å². The van der Waals surface area contributed by atoms with Crippen molar-refractivity contribution < 1.29 is 9.53 Å². The lowest BCUT2D eigenvalue weighted by Gasteiger charge is -2.10. The minimum absolute atomic E-state index is 0.216. The van der Waals surface area contributed by atoms with Crippen molar-refractivity contribution in [1.29, 1.82) is 0 Å². The molecular weight excluding hydrogens is 352 g/mol. The molecule has 1 amide bonds. The molecule has 0 saturated heterocycles. The number of nitrogens with zero attached hydrogens (tertiary/aromatic N) is 2. The highest BCUT2D eigenvalue weighted by Gasteiger charge is 2.09. The first-order chi connectivity index (χ1) is 13.7. The van der Waals surface area contributed by atoms with Crippen molar-refractivity contribution in [3.63, 3.8) is 0 Å². The van der Waals surface area contributed by atoms with E-state index in [-0.39, 0.29) is 5.91 Å². The lowest BCUT2D eigenvalue weighted by Crippen LogP contribution is -2.12. The zero-order valence-electron chi connectivity index (χ0n) is 15.2. The largest absolute Gasteiger partial charge is 0.497 e. The van der Waals surface area contributed by atoms with Gasteiger partial charge in [-0.15, -0.1) is 0 Å². The molecule has 4 aromatic rings. The molecule has 2 aromatic carbocycles. The first kappa shape index (κ1) is 17.5. The van der Waals surface area contributed by atoms with Gasteiger partial charge in [0, 0.05) is 29.0 Å². The maximum absolute atomic E-state index is 12.6. The third-order valence-corrected chi connectivity index (χ3v) is 4.27. The van der Waals surface area contributed by atoms with E-state index in [9.17, 15) is 4.79 Å². The topological polar surface area (TPSA) is 76.1 Å². The molecule has 28 heavy (non-hydrogen) atoms. The van der Waals surface area contributed by atoms with Gasteiger partial charge in [-0.05, 0) is 48.5 Å². The maximum Gasteiger partial charge on any atom is 0.255 e. The Hall–Kier alpha value is -3.93. The number of pyridine rings is 2. The Morgan fingerprint density at radius 3 is 2.57 bits per heavy atom. The van der Waals surface area contributed by atoms with Crippen molar-refractivity contribution in [2.24, 2.45) is 0 Å². The van der Waals surface area contributed by atoms with Gasteiger partial charge in [-0.3, -0.25) is 9.78 Å². The number of nitrogens with one attached hydrogen (secondary N) is 2. The van der Waals surface area contributed by atoms with E-state index in [1.54, 1.807) is 55.9 Å². The van der Waals surface area contributed by atoms with Crippen LogP contribution in [0.4, 0.5) is 17.2 Å². The molecule has 138 valence electrons. The number of ether oxygens (including phenoxy) is 1. The lowest BCUT2D eigenvalue weighted by atomic mass is 10.2. The molecule has 0 spiro atoms. The van der Waals surface area contributed by atoms with Crippen molar-refractivity contribution >= 4 is 34.0 Å². The zero-order chi connectivity index (χ0) is 19.3. The van der Waals surface area contributed by atoms with Gasteiger partial charge in [0.25, 0.3) is 5.91 Å². The van der Waals surface area contributed by atoms with Crippen LogP contribution in [0.5, 0.6) is 5.75 Å². The number of para-hydroxylation sites is 1. The van der Waals surface area contributed by atoms with Crippen molar-refractivity contribution in [3.05, 3.63) is 84.7 Å². The Kier molecular flexibility index (Phi) is 4.84. The van der Waals surface area contributed by atoms with Crippen molar-refractivity contribution in [3.8, 4) is 5.75 Å². The summed E-state index contributed by atoms with van der Waals surface area (Å²) in [7, 11) is 1.60. The summed E-state index contributed by atoms with van der Waals surface area (Å²) in [4.78, 5) is 21.3. The van der Waals surface area contributed by atoms with Gasteiger partial charge < -0.3 is 15.4 Å². The minimum atomic E-state index is -0.216. The summed E-state index contributed by atoms with van der Waals surface area (Å²) in [6, 6.07) is 20.3. The maximum atomic E-state index is 12.6. The summed E-state index contributed by atoms with van der Waals surface area (Å²) in [5, 5.41) is 7.15. The molecular formula is C22H18N4O2. The molecule has 2 heterocycles. The number of aromatic nitrogens is 2. The van der Waals surface area contributed by atoms with Crippen molar-refractivity contribution in [2.45, 2.75) is 0 Å². The van der Waals surface area contributed by atoms with E-state index in [4.69, 9.17) is 4.74 Å². The second-order valence-corrected chi connectivity index (χ2v) is 6.12. The second kappa shape index (κ2) is 7.75. The van der Waals surface area contributed by atoms with Gasteiger partial charge in [0.2, 0.25) is 0 Å². The van der Waals surface area contributed by atoms with Gasteiger partial charge in [-0.1, -0.05) is 18.2 Å². The highest BCUT2D eigenvalue weighted by Crippen LogP contribution is 2.24. The van der Waals surface area contributed by atoms with Gasteiger partial charge in [0.15, 0.2) is 0 Å². The number of hydrogen-bond donors (Lipinski definition) is 2. The molecule has 6 nitrogen and oxygen atoms in total. The van der Waals surface area contributed by atoms with Crippen LogP contribution in [0.15, 0.2) is 79.1 Å². The molecule has 0 unspecified atom stereocenters. The fourth-order valence-electron chi connectivity index (χ4n) is 2.86. The average molecular weight is 370 g/mol. The standard InChI is InChI=1S/C22H18N4O2/c1-28-18-9-7-17(8-10-18)25-22(27)16-11-13-23-20(14-16)26-19-6-2-4-15-5-3-12-24-21(15)19/h2-14H,1H3,(H,23,26)(H,25,27). The highest BCUT2D eigenvalue weighted by atomic mass is 16.5. The smallest absolute Gasteiger partial charge is 0.255 e. The number of anilines is 3. The number of benzene rings is 2. The van der Waals surface area contributed by atoms with Crippen LogP contribution in [0.1, 0.15) is 10.4 Å². The Morgan fingerprint density at radius 1 is 0.929 bits per heavy atom. The van der Waals surface area contributed by atoms with E-state index in [0.29, 0.717) is 17.1 Å². The third kappa shape index (κ3) is 3.76. The Balaban J connectivity index is 1.54. The molecule has 0 aliphatic heterocycles. The molecule has 2 aromatic heterocycles. The second-order valence-electron chi connectivity index (χ2n) is 6.12. The van der Waals surface area contributed by atoms with Crippen LogP contribution in [-0.2, 0) is 0 Å². The molecule has 0 fully saturated rings. The van der Waals surface area contributed by atoms with Crippen LogP contribution in [0, 0.1) is 0 Å². The monoisotopic (exact) mass is 370 g/mol. The summed E-state index contributed by atoms with van der Waals surface area (Å²) in [6.45, 7) is 0. The van der Waals surface area contributed by atoms with Crippen LogP contribution in [0.25, 0.3) is 10.9 Å². The number of carbonyl (C=O) groups excluding carboxylic acids is 1. The van der Waals surface area contributed by atoms with Crippen LogP contribution in [0.3, 0.4) is 0 Å². The molecule has 0 atom stereocenters.